The zero-order valence-electron chi connectivity index (χ0n) is 12.7. The lowest BCUT2D eigenvalue weighted by Gasteiger charge is -2.33. The molecule has 0 saturated carbocycles. The van der Waals surface area contributed by atoms with E-state index >= 15 is 0 Å². The van der Waals surface area contributed by atoms with E-state index in [1.807, 2.05) is 11.3 Å². The molecule has 0 spiro atoms. The van der Waals surface area contributed by atoms with Crippen LogP contribution in [0.5, 0.6) is 0 Å². The van der Waals surface area contributed by atoms with Gasteiger partial charge in [0.25, 0.3) is 0 Å². The SMILES string of the molecule is CC(C)(C)CC(C)(C)NCc1csc2ccccc12. The van der Waals surface area contributed by atoms with Crippen molar-refractivity contribution in [1.82, 2.24) is 5.32 Å². The summed E-state index contributed by atoms with van der Waals surface area (Å²) < 4.78 is 1.38. The van der Waals surface area contributed by atoms with Gasteiger partial charge in [-0.05, 0) is 48.1 Å². The number of hydrogen-bond donors (Lipinski definition) is 1. The average molecular weight is 275 g/mol. The van der Waals surface area contributed by atoms with Gasteiger partial charge in [0.1, 0.15) is 0 Å². The lowest BCUT2D eigenvalue weighted by Crippen LogP contribution is -2.41. The van der Waals surface area contributed by atoms with E-state index in [4.69, 9.17) is 0 Å². The van der Waals surface area contributed by atoms with Crippen molar-refractivity contribution in [3.8, 4) is 0 Å². The van der Waals surface area contributed by atoms with Crippen molar-refractivity contribution in [2.75, 3.05) is 0 Å². The van der Waals surface area contributed by atoms with Crippen LogP contribution in [0.3, 0.4) is 0 Å². The third-order valence-electron chi connectivity index (χ3n) is 3.29. The Morgan fingerprint density at radius 2 is 1.74 bits per heavy atom. The maximum Gasteiger partial charge on any atom is 0.0346 e. The molecule has 0 saturated heterocycles. The summed E-state index contributed by atoms with van der Waals surface area (Å²) in [6, 6.07) is 8.65. The van der Waals surface area contributed by atoms with Gasteiger partial charge < -0.3 is 5.32 Å². The van der Waals surface area contributed by atoms with Crippen molar-refractivity contribution in [2.45, 2.75) is 53.1 Å². The van der Waals surface area contributed by atoms with Gasteiger partial charge in [0.05, 0.1) is 0 Å². The van der Waals surface area contributed by atoms with Crippen LogP contribution >= 0.6 is 11.3 Å². The largest absolute Gasteiger partial charge is 0.308 e. The summed E-state index contributed by atoms with van der Waals surface area (Å²) >= 11 is 1.84. The zero-order valence-corrected chi connectivity index (χ0v) is 13.5. The molecule has 1 aromatic heterocycles. The molecule has 19 heavy (non-hydrogen) atoms. The summed E-state index contributed by atoms with van der Waals surface area (Å²) in [5.41, 5.74) is 1.94. The van der Waals surface area contributed by atoms with Crippen LogP contribution in [0.15, 0.2) is 29.6 Å². The van der Waals surface area contributed by atoms with Gasteiger partial charge in [-0.2, -0.15) is 0 Å². The predicted molar refractivity (Wildman–Crippen MR) is 86.8 cm³/mol. The first-order chi connectivity index (χ1) is 8.77. The molecule has 0 unspecified atom stereocenters. The molecule has 0 aliphatic heterocycles. The summed E-state index contributed by atoms with van der Waals surface area (Å²) in [6.07, 6.45) is 1.17. The highest BCUT2D eigenvalue weighted by Crippen LogP contribution is 2.29. The van der Waals surface area contributed by atoms with Crippen LogP contribution in [0.25, 0.3) is 10.1 Å². The fourth-order valence-corrected chi connectivity index (χ4v) is 3.86. The van der Waals surface area contributed by atoms with Crippen LogP contribution in [0.4, 0.5) is 0 Å². The summed E-state index contributed by atoms with van der Waals surface area (Å²) in [5.74, 6) is 0. The van der Waals surface area contributed by atoms with E-state index in [-0.39, 0.29) is 5.54 Å². The summed E-state index contributed by atoms with van der Waals surface area (Å²) in [4.78, 5) is 0. The number of benzene rings is 1. The first-order valence-electron chi connectivity index (χ1n) is 6.97. The Morgan fingerprint density at radius 3 is 2.42 bits per heavy atom. The summed E-state index contributed by atoms with van der Waals surface area (Å²) in [6.45, 7) is 12.5. The third kappa shape index (κ3) is 4.05. The minimum Gasteiger partial charge on any atom is -0.308 e. The normalized spacial score (nSPS) is 13.1. The molecule has 0 aliphatic rings. The van der Waals surface area contributed by atoms with Crippen molar-refractivity contribution >= 4 is 21.4 Å². The van der Waals surface area contributed by atoms with Gasteiger partial charge in [-0.1, -0.05) is 39.0 Å². The first kappa shape index (κ1) is 14.5. The molecule has 0 fully saturated rings. The van der Waals surface area contributed by atoms with E-state index in [2.05, 4.69) is 69.6 Å². The van der Waals surface area contributed by atoms with Gasteiger partial charge in [0.15, 0.2) is 0 Å². The predicted octanol–water partition coefficient (Wildman–Crippen LogP) is 5.21. The lowest BCUT2D eigenvalue weighted by atomic mass is 9.82. The molecular formula is C17H25NS. The monoisotopic (exact) mass is 275 g/mol. The average Bonchev–Trinajstić information content (AvgIpc) is 2.66. The van der Waals surface area contributed by atoms with E-state index in [9.17, 15) is 0 Å². The molecular weight excluding hydrogens is 250 g/mol. The molecule has 1 heterocycles. The minimum atomic E-state index is 0.168. The molecule has 2 heteroatoms. The first-order valence-corrected chi connectivity index (χ1v) is 7.85. The van der Waals surface area contributed by atoms with Crippen LogP contribution < -0.4 is 5.32 Å². The van der Waals surface area contributed by atoms with Crippen LogP contribution in [0.1, 0.15) is 46.6 Å². The lowest BCUT2D eigenvalue weighted by molar-refractivity contribution is 0.241. The number of nitrogens with one attached hydrogen (secondary N) is 1. The highest BCUT2D eigenvalue weighted by atomic mass is 32.1. The van der Waals surface area contributed by atoms with E-state index in [1.54, 1.807) is 0 Å². The van der Waals surface area contributed by atoms with Gasteiger partial charge in [-0.15, -0.1) is 11.3 Å². The van der Waals surface area contributed by atoms with Crippen molar-refractivity contribution < 1.29 is 0 Å². The minimum absolute atomic E-state index is 0.168. The van der Waals surface area contributed by atoms with Crippen LogP contribution in [0, 0.1) is 5.41 Å². The molecule has 1 N–H and O–H groups in total. The Bertz CT molecular complexity index is 546. The van der Waals surface area contributed by atoms with Crippen molar-refractivity contribution in [1.29, 1.82) is 0 Å². The Hall–Kier alpha value is -0.860. The number of rotatable bonds is 4. The van der Waals surface area contributed by atoms with E-state index < -0.39 is 0 Å². The van der Waals surface area contributed by atoms with Gasteiger partial charge in [-0.3, -0.25) is 0 Å². The fraction of sp³-hybridized carbons (Fsp3) is 0.529. The van der Waals surface area contributed by atoms with Gasteiger partial charge in [0, 0.05) is 16.8 Å². The quantitative estimate of drug-likeness (QED) is 0.808. The van der Waals surface area contributed by atoms with Gasteiger partial charge in [-0.25, -0.2) is 0 Å². The molecule has 0 amide bonds. The molecule has 104 valence electrons. The molecule has 0 aliphatic carbocycles. The van der Waals surface area contributed by atoms with Crippen LogP contribution in [-0.2, 0) is 6.54 Å². The highest BCUT2D eigenvalue weighted by molar-refractivity contribution is 7.17. The molecule has 1 aromatic carbocycles. The maximum atomic E-state index is 3.72. The highest BCUT2D eigenvalue weighted by Gasteiger charge is 2.24. The van der Waals surface area contributed by atoms with Crippen molar-refractivity contribution in [3.63, 3.8) is 0 Å². The van der Waals surface area contributed by atoms with Crippen molar-refractivity contribution in [2.24, 2.45) is 5.41 Å². The van der Waals surface area contributed by atoms with Crippen molar-refractivity contribution in [3.05, 3.63) is 35.2 Å². The van der Waals surface area contributed by atoms with E-state index in [0.29, 0.717) is 5.41 Å². The van der Waals surface area contributed by atoms with Crippen LogP contribution in [0.2, 0.25) is 0 Å². The smallest absolute Gasteiger partial charge is 0.0346 e. The van der Waals surface area contributed by atoms with E-state index in [0.717, 1.165) is 6.54 Å². The van der Waals surface area contributed by atoms with Crippen LogP contribution in [-0.4, -0.2) is 5.54 Å². The third-order valence-corrected chi connectivity index (χ3v) is 4.30. The number of hydrogen-bond acceptors (Lipinski definition) is 2. The summed E-state index contributed by atoms with van der Waals surface area (Å²) in [7, 11) is 0. The number of thiophene rings is 1. The molecule has 0 radical (unpaired) electrons. The molecule has 0 atom stereocenters. The molecule has 1 nitrogen and oxygen atoms in total. The summed E-state index contributed by atoms with van der Waals surface area (Å²) in [5, 5.41) is 7.39. The Labute approximate surface area is 121 Å². The van der Waals surface area contributed by atoms with Gasteiger partial charge in [0.2, 0.25) is 0 Å². The van der Waals surface area contributed by atoms with E-state index in [1.165, 1.54) is 22.1 Å². The van der Waals surface area contributed by atoms with Gasteiger partial charge >= 0.3 is 0 Å². The molecule has 2 aromatic rings. The maximum absolute atomic E-state index is 3.72. The zero-order chi connectivity index (χ0) is 14.1. The number of fused-ring (bicyclic) bond motifs is 1. The standard InChI is InChI=1S/C17H25NS/c1-16(2,3)12-17(4,5)18-10-13-11-19-15-9-7-6-8-14(13)15/h6-9,11,18H,10,12H2,1-5H3. The Kier molecular flexibility index (Phi) is 4.03. The molecule has 2 rings (SSSR count). The molecule has 0 bridgehead atoms. The Balaban J connectivity index is 2.06. The Morgan fingerprint density at radius 1 is 1.05 bits per heavy atom. The second kappa shape index (κ2) is 5.26. The topological polar surface area (TPSA) is 12.0 Å². The second-order valence-corrected chi connectivity index (χ2v) is 8.14. The second-order valence-electron chi connectivity index (χ2n) is 7.23. The fourth-order valence-electron chi connectivity index (χ4n) is 2.89.